The summed E-state index contributed by atoms with van der Waals surface area (Å²) in [5.41, 5.74) is 0.794. The third-order valence-electron chi connectivity index (χ3n) is 2.80. The predicted octanol–water partition coefficient (Wildman–Crippen LogP) is 2.88. The number of nitriles is 1. The average molecular weight is 304 g/mol. The summed E-state index contributed by atoms with van der Waals surface area (Å²) in [5, 5.41) is 12.2. The molecule has 1 amide bonds. The van der Waals surface area contributed by atoms with Gasteiger partial charge in [0.05, 0.1) is 30.6 Å². The van der Waals surface area contributed by atoms with E-state index >= 15 is 0 Å². The molecule has 6 heteroatoms. The van der Waals surface area contributed by atoms with Crippen molar-refractivity contribution in [2.75, 3.05) is 18.9 Å². The van der Waals surface area contributed by atoms with E-state index in [1.807, 2.05) is 24.1 Å². The fraction of sp³-hybridized carbons (Fsp3) is 0.200. The van der Waals surface area contributed by atoms with Gasteiger partial charge in [-0.05, 0) is 37.4 Å². The van der Waals surface area contributed by atoms with Gasteiger partial charge >= 0.3 is 0 Å². The van der Waals surface area contributed by atoms with Crippen LogP contribution in [0, 0.1) is 11.3 Å². The van der Waals surface area contributed by atoms with Crippen LogP contribution in [0.25, 0.3) is 0 Å². The smallest absolute Gasteiger partial charge is 0.238 e. The molecule has 2 aromatic rings. The monoisotopic (exact) mass is 303 g/mol. The minimum atomic E-state index is -0.220. The molecule has 0 spiro atoms. The second-order valence-electron chi connectivity index (χ2n) is 4.60. The van der Waals surface area contributed by atoms with E-state index in [2.05, 4.69) is 5.32 Å². The van der Waals surface area contributed by atoms with Gasteiger partial charge in [-0.2, -0.15) is 5.26 Å². The fourth-order valence-electron chi connectivity index (χ4n) is 1.88. The number of hydrogen-bond acceptors (Lipinski definition) is 4. The van der Waals surface area contributed by atoms with Gasteiger partial charge in [0, 0.05) is 5.02 Å². The van der Waals surface area contributed by atoms with Crippen LogP contribution in [0.5, 0.6) is 0 Å². The number of amides is 1. The summed E-state index contributed by atoms with van der Waals surface area (Å²) in [5.74, 6) is 0.564. The van der Waals surface area contributed by atoms with E-state index in [0.717, 1.165) is 5.76 Å². The fourth-order valence-corrected chi connectivity index (χ4v) is 2.05. The molecule has 0 saturated carbocycles. The molecular formula is C15H14ClN3O2. The van der Waals surface area contributed by atoms with E-state index in [-0.39, 0.29) is 12.5 Å². The van der Waals surface area contributed by atoms with E-state index in [4.69, 9.17) is 21.3 Å². The number of hydrogen-bond donors (Lipinski definition) is 1. The molecule has 0 unspecified atom stereocenters. The van der Waals surface area contributed by atoms with Gasteiger partial charge in [0.15, 0.2) is 0 Å². The molecule has 0 saturated heterocycles. The van der Waals surface area contributed by atoms with Crippen LogP contribution in [0.2, 0.25) is 5.02 Å². The summed E-state index contributed by atoms with van der Waals surface area (Å²) in [6.07, 6.45) is 1.59. The molecular weight excluding hydrogens is 290 g/mol. The number of benzene rings is 1. The topological polar surface area (TPSA) is 69.3 Å². The molecule has 1 aromatic heterocycles. The number of rotatable bonds is 5. The van der Waals surface area contributed by atoms with Crippen molar-refractivity contribution in [1.29, 1.82) is 5.26 Å². The summed E-state index contributed by atoms with van der Waals surface area (Å²) >= 11 is 5.87. The minimum Gasteiger partial charge on any atom is -0.468 e. The maximum Gasteiger partial charge on any atom is 0.238 e. The zero-order chi connectivity index (χ0) is 15.2. The van der Waals surface area contributed by atoms with Crippen LogP contribution in [0.3, 0.4) is 0 Å². The van der Waals surface area contributed by atoms with Gasteiger partial charge in [-0.15, -0.1) is 0 Å². The van der Waals surface area contributed by atoms with E-state index in [1.54, 1.807) is 30.5 Å². The van der Waals surface area contributed by atoms with Crippen molar-refractivity contribution in [3.63, 3.8) is 0 Å². The first-order chi connectivity index (χ1) is 10.1. The quantitative estimate of drug-likeness (QED) is 0.922. The molecule has 0 aliphatic heterocycles. The lowest BCUT2D eigenvalue weighted by atomic mass is 10.2. The first kappa shape index (κ1) is 15.1. The summed E-state index contributed by atoms with van der Waals surface area (Å²) in [4.78, 5) is 13.8. The highest BCUT2D eigenvalue weighted by Crippen LogP contribution is 2.20. The number of furan rings is 1. The molecule has 0 fully saturated rings. The van der Waals surface area contributed by atoms with Gasteiger partial charge < -0.3 is 9.73 Å². The normalized spacial score (nSPS) is 10.4. The van der Waals surface area contributed by atoms with Gasteiger partial charge in [0.1, 0.15) is 11.8 Å². The Bertz CT molecular complexity index is 662. The lowest BCUT2D eigenvalue weighted by Gasteiger charge is -2.15. The molecule has 0 aliphatic rings. The second kappa shape index (κ2) is 6.93. The number of likely N-dealkylation sites (N-methyl/N-ethyl adjacent to an activating group) is 1. The molecule has 2 rings (SSSR count). The molecule has 0 bridgehead atoms. The maximum atomic E-state index is 12.0. The van der Waals surface area contributed by atoms with Gasteiger partial charge in [0.25, 0.3) is 0 Å². The Morgan fingerprint density at radius 3 is 2.95 bits per heavy atom. The third-order valence-corrected chi connectivity index (χ3v) is 3.03. The maximum absolute atomic E-state index is 12.0. The van der Waals surface area contributed by atoms with Gasteiger partial charge in [-0.25, -0.2) is 0 Å². The largest absolute Gasteiger partial charge is 0.468 e. The summed E-state index contributed by atoms with van der Waals surface area (Å²) in [7, 11) is 1.81. The van der Waals surface area contributed by atoms with E-state index < -0.39 is 0 Å². The van der Waals surface area contributed by atoms with Crippen LogP contribution in [0.15, 0.2) is 41.0 Å². The Balaban J connectivity index is 1.95. The minimum absolute atomic E-state index is 0.179. The highest BCUT2D eigenvalue weighted by molar-refractivity contribution is 6.31. The second-order valence-corrected chi connectivity index (χ2v) is 5.04. The number of nitrogens with zero attached hydrogens (tertiary/aromatic N) is 2. The zero-order valence-corrected chi connectivity index (χ0v) is 12.2. The molecule has 5 nitrogen and oxygen atoms in total. The van der Waals surface area contributed by atoms with Crippen LogP contribution in [-0.2, 0) is 11.3 Å². The molecule has 1 N–H and O–H groups in total. The molecule has 1 aromatic carbocycles. The van der Waals surface area contributed by atoms with E-state index in [9.17, 15) is 4.79 Å². The van der Waals surface area contributed by atoms with Crippen LogP contribution in [0.1, 0.15) is 11.3 Å². The Morgan fingerprint density at radius 2 is 2.29 bits per heavy atom. The molecule has 0 atom stereocenters. The standard InChI is InChI=1S/C15H14ClN3O2/c1-19(9-13-3-2-6-21-13)10-15(20)18-14-7-12(16)5-4-11(14)8-17/h2-7H,9-10H2,1H3,(H,18,20). The Kier molecular flexibility index (Phi) is 4.99. The Labute approximate surface area is 127 Å². The highest BCUT2D eigenvalue weighted by Gasteiger charge is 2.11. The van der Waals surface area contributed by atoms with Crippen molar-refractivity contribution >= 4 is 23.2 Å². The van der Waals surface area contributed by atoms with Crippen molar-refractivity contribution in [3.05, 3.63) is 52.9 Å². The third kappa shape index (κ3) is 4.35. The average Bonchev–Trinajstić information content (AvgIpc) is 2.91. The SMILES string of the molecule is CN(CC(=O)Nc1cc(Cl)ccc1C#N)Cc1ccco1. The van der Waals surface area contributed by atoms with E-state index in [0.29, 0.717) is 22.8 Å². The first-order valence-corrected chi connectivity index (χ1v) is 6.66. The predicted molar refractivity (Wildman–Crippen MR) is 79.8 cm³/mol. The van der Waals surface area contributed by atoms with E-state index in [1.165, 1.54) is 0 Å². The molecule has 108 valence electrons. The number of nitrogens with one attached hydrogen (secondary N) is 1. The van der Waals surface area contributed by atoms with Gasteiger partial charge in [-0.1, -0.05) is 11.6 Å². The molecule has 21 heavy (non-hydrogen) atoms. The van der Waals surface area contributed by atoms with Crippen molar-refractivity contribution in [2.45, 2.75) is 6.54 Å². The summed E-state index contributed by atoms with van der Waals surface area (Å²) in [6, 6.07) is 10.4. The number of halogens is 1. The lowest BCUT2D eigenvalue weighted by molar-refractivity contribution is -0.117. The number of anilines is 1. The molecule has 1 heterocycles. The van der Waals surface area contributed by atoms with Crippen molar-refractivity contribution in [2.24, 2.45) is 0 Å². The first-order valence-electron chi connectivity index (χ1n) is 6.29. The van der Waals surface area contributed by atoms with Crippen LogP contribution in [0.4, 0.5) is 5.69 Å². The number of carbonyl (C=O) groups is 1. The van der Waals surface area contributed by atoms with Crippen LogP contribution in [-0.4, -0.2) is 24.4 Å². The zero-order valence-electron chi connectivity index (χ0n) is 11.5. The van der Waals surface area contributed by atoms with Crippen molar-refractivity contribution < 1.29 is 9.21 Å². The van der Waals surface area contributed by atoms with Gasteiger partial charge in [-0.3, -0.25) is 9.69 Å². The van der Waals surface area contributed by atoms with Crippen LogP contribution < -0.4 is 5.32 Å². The Hall–Kier alpha value is -2.29. The molecule has 0 radical (unpaired) electrons. The van der Waals surface area contributed by atoms with Crippen molar-refractivity contribution in [1.82, 2.24) is 4.90 Å². The summed E-state index contributed by atoms with van der Waals surface area (Å²) < 4.78 is 5.22. The highest BCUT2D eigenvalue weighted by atomic mass is 35.5. The lowest BCUT2D eigenvalue weighted by Crippen LogP contribution is -2.29. The summed E-state index contributed by atoms with van der Waals surface area (Å²) in [6.45, 7) is 0.707. The Morgan fingerprint density at radius 1 is 1.48 bits per heavy atom. The van der Waals surface area contributed by atoms with Crippen LogP contribution >= 0.6 is 11.6 Å². The van der Waals surface area contributed by atoms with Crippen molar-refractivity contribution in [3.8, 4) is 6.07 Å². The number of carbonyl (C=O) groups excluding carboxylic acids is 1. The molecule has 0 aliphatic carbocycles. The van der Waals surface area contributed by atoms with Gasteiger partial charge in [0.2, 0.25) is 5.91 Å².